The van der Waals surface area contributed by atoms with Gasteiger partial charge in [0, 0.05) is 24.2 Å². The van der Waals surface area contributed by atoms with Crippen LogP contribution in [0.1, 0.15) is 19.4 Å². The number of nitrogens with zero attached hydrogens (tertiary/aromatic N) is 1. The predicted molar refractivity (Wildman–Crippen MR) is 81.3 cm³/mol. The number of benzene rings is 1. The van der Waals surface area contributed by atoms with Gasteiger partial charge in [0.25, 0.3) is 0 Å². The number of hydrogen-bond donors (Lipinski definition) is 1. The maximum Gasteiger partial charge on any atom is 0.244 e. The summed E-state index contributed by atoms with van der Waals surface area (Å²) in [7, 11) is 0. The van der Waals surface area contributed by atoms with Crippen molar-refractivity contribution in [1.82, 2.24) is 10.2 Å². The molecule has 0 aliphatic rings. The molecule has 19 heavy (non-hydrogen) atoms. The van der Waals surface area contributed by atoms with Gasteiger partial charge in [0.1, 0.15) is 0 Å². The summed E-state index contributed by atoms with van der Waals surface area (Å²) in [4.78, 5) is 13.9. The molecule has 0 unspecified atom stereocenters. The standard InChI is InChI=1S/C15H21ClN2O/c1-3-18(4-2)12-11-17-15(19)10-7-13-5-8-14(16)9-6-13/h5-10H,3-4,11-12H2,1-2H3,(H,17,19)/b10-7+. The summed E-state index contributed by atoms with van der Waals surface area (Å²) >= 11 is 5.79. The Labute approximate surface area is 120 Å². The molecule has 0 atom stereocenters. The number of likely N-dealkylation sites (N-methyl/N-ethyl adjacent to an activating group) is 1. The van der Waals surface area contributed by atoms with Crippen LogP contribution in [0, 0.1) is 0 Å². The van der Waals surface area contributed by atoms with Gasteiger partial charge >= 0.3 is 0 Å². The molecule has 0 saturated heterocycles. The van der Waals surface area contributed by atoms with E-state index in [9.17, 15) is 4.79 Å². The topological polar surface area (TPSA) is 32.3 Å². The molecule has 0 aromatic heterocycles. The van der Waals surface area contributed by atoms with E-state index in [0.29, 0.717) is 11.6 Å². The van der Waals surface area contributed by atoms with Crippen LogP contribution in [0.25, 0.3) is 6.08 Å². The first-order valence-corrected chi connectivity index (χ1v) is 6.97. The van der Waals surface area contributed by atoms with Gasteiger partial charge in [-0.15, -0.1) is 0 Å². The van der Waals surface area contributed by atoms with Crippen molar-refractivity contribution in [3.05, 3.63) is 40.9 Å². The van der Waals surface area contributed by atoms with Crippen LogP contribution in [0.4, 0.5) is 0 Å². The number of halogens is 1. The van der Waals surface area contributed by atoms with Crippen LogP contribution in [0.2, 0.25) is 5.02 Å². The van der Waals surface area contributed by atoms with Crippen molar-refractivity contribution in [3.8, 4) is 0 Å². The summed E-state index contributed by atoms with van der Waals surface area (Å²) in [6.07, 6.45) is 3.33. The molecular weight excluding hydrogens is 260 g/mol. The quantitative estimate of drug-likeness (QED) is 0.779. The number of carbonyl (C=O) groups excluding carboxylic acids is 1. The molecule has 1 rings (SSSR count). The lowest BCUT2D eigenvalue weighted by atomic mass is 10.2. The van der Waals surface area contributed by atoms with Crippen molar-refractivity contribution in [2.24, 2.45) is 0 Å². The van der Waals surface area contributed by atoms with Gasteiger partial charge in [-0.25, -0.2) is 0 Å². The van der Waals surface area contributed by atoms with E-state index in [1.165, 1.54) is 0 Å². The number of nitrogens with one attached hydrogen (secondary N) is 1. The minimum absolute atomic E-state index is 0.0675. The fourth-order valence-electron chi connectivity index (χ4n) is 1.68. The van der Waals surface area contributed by atoms with Crippen molar-refractivity contribution in [3.63, 3.8) is 0 Å². The number of amides is 1. The van der Waals surface area contributed by atoms with Crippen LogP contribution in [-0.2, 0) is 4.79 Å². The first-order chi connectivity index (χ1) is 9.15. The molecule has 0 saturated carbocycles. The van der Waals surface area contributed by atoms with Crippen LogP contribution >= 0.6 is 11.6 Å². The molecule has 0 bridgehead atoms. The lowest BCUT2D eigenvalue weighted by Crippen LogP contribution is -2.34. The molecule has 0 heterocycles. The molecule has 0 aliphatic heterocycles. The van der Waals surface area contributed by atoms with Gasteiger partial charge in [-0.1, -0.05) is 37.6 Å². The Balaban J connectivity index is 2.32. The van der Waals surface area contributed by atoms with E-state index < -0.39 is 0 Å². The summed E-state index contributed by atoms with van der Waals surface area (Å²) in [5.74, 6) is -0.0675. The van der Waals surface area contributed by atoms with E-state index in [4.69, 9.17) is 11.6 Å². The molecule has 1 N–H and O–H groups in total. The number of rotatable bonds is 7. The zero-order valence-corrected chi connectivity index (χ0v) is 12.3. The third-order valence-corrected chi connectivity index (χ3v) is 3.17. The predicted octanol–water partition coefficient (Wildman–Crippen LogP) is 2.81. The van der Waals surface area contributed by atoms with Gasteiger partial charge in [-0.2, -0.15) is 0 Å². The van der Waals surface area contributed by atoms with Crippen molar-refractivity contribution < 1.29 is 4.79 Å². The molecular formula is C15H21ClN2O. The zero-order valence-electron chi connectivity index (χ0n) is 11.5. The van der Waals surface area contributed by atoms with Gasteiger partial charge in [0.05, 0.1) is 0 Å². The summed E-state index contributed by atoms with van der Waals surface area (Å²) < 4.78 is 0. The van der Waals surface area contributed by atoms with Crippen LogP contribution in [0.3, 0.4) is 0 Å². The van der Waals surface area contributed by atoms with E-state index in [1.54, 1.807) is 24.3 Å². The Morgan fingerprint density at radius 1 is 1.26 bits per heavy atom. The molecule has 0 radical (unpaired) electrons. The molecule has 0 spiro atoms. The molecule has 0 aliphatic carbocycles. The normalized spacial score (nSPS) is 11.2. The second-order valence-electron chi connectivity index (χ2n) is 4.20. The highest BCUT2D eigenvalue weighted by atomic mass is 35.5. The van der Waals surface area contributed by atoms with Crippen molar-refractivity contribution in [2.75, 3.05) is 26.2 Å². The van der Waals surface area contributed by atoms with Crippen LogP contribution in [0.5, 0.6) is 0 Å². The average Bonchev–Trinajstić information content (AvgIpc) is 2.43. The second kappa shape index (κ2) is 8.73. The maximum absolute atomic E-state index is 11.6. The van der Waals surface area contributed by atoms with E-state index >= 15 is 0 Å². The minimum Gasteiger partial charge on any atom is -0.351 e. The monoisotopic (exact) mass is 280 g/mol. The molecule has 1 amide bonds. The largest absolute Gasteiger partial charge is 0.351 e. The third kappa shape index (κ3) is 6.41. The van der Waals surface area contributed by atoms with E-state index in [0.717, 1.165) is 25.2 Å². The van der Waals surface area contributed by atoms with Crippen molar-refractivity contribution in [1.29, 1.82) is 0 Å². The average molecular weight is 281 g/mol. The lowest BCUT2D eigenvalue weighted by molar-refractivity contribution is -0.116. The highest BCUT2D eigenvalue weighted by molar-refractivity contribution is 6.30. The van der Waals surface area contributed by atoms with Gasteiger partial charge in [0.15, 0.2) is 0 Å². The van der Waals surface area contributed by atoms with Gasteiger partial charge in [0.2, 0.25) is 5.91 Å². The summed E-state index contributed by atoms with van der Waals surface area (Å²) in [6.45, 7) is 7.80. The van der Waals surface area contributed by atoms with Crippen LogP contribution in [-0.4, -0.2) is 37.0 Å². The molecule has 4 heteroatoms. The minimum atomic E-state index is -0.0675. The van der Waals surface area contributed by atoms with Crippen molar-refractivity contribution in [2.45, 2.75) is 13.8 Å². The first kappa shape index (κ1) is 15.7. The zero-order chi connectivity index (χ0) is 14.1. The van der Waals surface area contributed by atoms with Crippen LogP contribution in [0.15, 0.2) is 30.3 Å². The SMILES string of the molecule is CCN(CC)CCNC(=O)/C=C/c1ccc(Cl)cc1. The Morgan fingerprint density at radius 2 is 1.89 bits per heavy atom. The second-order valence-corrected chi connectivity index (χ2v) is 4.64. The Kier molecular flexibility index (Phi) is 7.23. The maximum atomic E-state index is 11.6. The van der Waals surface area contributed by atoms with Gasteiger partial charge in [-0.3, -0.25) is 4.79 Å². The van der Waals surface area contributed by atoms with E-state index in [-0.39, 0.29) is 5.91 Å². The highest BCUT2D eigenvalue weighted by Gasteiger charge is 1.99. The van der Waals surface area contributed by atoms with Gasteiger partial charge < -0.3 is 10.2 Å². The third-order valence-electron chi connectivity index (χ3n) is 2.92. The number of carbonyl (C=O) groups is 1. The van der Waals surface area contributed by atoms with E-state index in [2.05, 4.69) is 24.1 Å². The molecule has 0 fully saturated rings. The van der Waals surface area contributed by atoms with E-state index in [1.807, 2.05) is 12.1 Å². The summed E-state index contributed by atoms with van der Waals surface area (Å²) in [6, 6.07) is 7.36. The molecule has 3 nitrogen and oxygen atoms in total. The fraction of sp³-hybridized carbons (Fsp3) is 0.400. The Bertz CT molecular complexity index is 411. The molecule has 1 aromatic rings. The van der Waals surface area contributed by atoms with Crippen LogP contribution < -0.4 is 5.32 Å². The fourth-order valence-corrected chi connectivity index (χ4v) is 1.81. The first-order valence-electron chi connectivity index (χ1n) is 6.59. The number of hydrogen-bond acceptors (Lipinski definition) is 2. The Morgan fingerprint density at radius 3 is 2.47 bits per heavy atom. The highest BCUT2D eigenvalue weighted by Crippen LogP contribution is 2.10. The molecule has 104 valence electrons. The smallest absolute Gasteiger partial charge is 0.244 e. The Hall–Kier alpha value is -1.32. The van der Waals surface area contributed by atoms with Gasteiger partial charge in [-0.05, 0) is 36.9 Å². The lowest BCUT2D eigenvalue weighted by Gasteiger charge is -2.17. The summed E-state index contributed by atoms with van der Waals surface area (Å²) in [5.41, 5.74) is 0.961. The van der Waals surface area contributed by atoms with Crippen molar-refractivity contribution >= 4 is 23.6 Å². The summed E-state index contributed by atoms with van der Waals surface area (Å²) in [5, 5.41) is 3.57. The molecule has 1 aromatic carbocycles.